The van der Waals surface area contributed by atoms with E-state index in [0.717, 1.165) is 31.9 Å². The molecule has 0 spiro atoms. The van der Waals surface area contributed by atoms with Gasteiger partial charge in [0.15, 0.2) is 0 Å². The molecule has 0 atom stereocenters. The van der Waals surface area contributed by atoms with Gasteiger partial charge in [0.05, 0.1) is 11.4 Å². The number of piperazine rings is 1. The SMILES string of the molecule is CN1CCN(c2cccc(S(=O)(=O)N(C)C)c2N)CC1. The van der Waals surface area contributed by atoms with Crippen LogP contribution in [0.25, 0.3) is 0 Å². The lowest BCUT2D eigenvalue weighted by Crippen LogP contribution is -2.44. The Hall–Kier alpha value is -1.31. The minimum Gasteiger partial charge on any atom is -0.396 e. The average molecular weight is 298 g/mol. The van der Waals surface area contributed by atoms with Gasteiger partial charge in [0.25, 0.3) is 0 Å². The first-order valence-electron chi connectivity index (χ1n) is 6.58. The van der Waals surface area contributed by atoms with E-state index in [0.29, 0.717) is 5.69 Å². The van der Waals surface area contributed by atoms with Crippen LogP contribution in [0.5, 0.6) is 0 Å². The molecule has 0 bridgehead atoms. The molecule has 1 aromatic rings. The first-order valence-corrected chi connectivity index (χ1v) is 8.02. The van der Waals surface area contributed by atoms with Crippen molar-refractivity contribution in [1.29, 1.82) is 0 Å². The minimum atomic E-state index is -3.51. The molecule has 2 N–H and O–H groups in total. The van der Waals surface area contributed by atoms with Crippen LogP contribution in [0.4, 0.5) is 11.4 Å². The second-order valence-electron chi connectivity index (χ2n) is 5.27. The van der Waals surface area contributed by atoms with Crippen LogP contribution in [0.2, 0.25) is 0 Å². The predicted octanol–water partition coefficient (Wildman–Crippen LogP) is 0.271. The highest BCUT2D eigenvalue weighted by molar-refractivity contribution is 7.89. The second kappa shape index (κ2) is 5.59. The summed E-state index contributed by atoms with van der Waals surface area (Å²) in [7, 11) is 1.59. The van der Waals surface area contributed by atoms with Gasteiger partial charge in [-0.3, -0.25) is 0 Å². The van der Waals surface area contributed by atoms with Gasteiger partial charge in [-0.05, 0) is 19.2 Å². The van der Waals surface area contributed by atoms with Crippen LogP contribution >= 0.6 is 0 Å². The summed E-state index contributed by atoms with van der Waals surface area (Å²) in [6.45, 7) is 3.60. The number of likely N-dealkylation sites (N-methyl/N-ethyl adjacent to an activating group) is 1. The average Bonchev–Trinajstić information content (AvgIpc) is 2.40. The molecular formula is C13H22N4O2S. The normalized spacial score (nSPS) is 17.7. The van der Waals surface area contributed by atoms with Crippen molar-refractivity contribution in [3.05, 3.63) is 18.2 Å². The van der Waals surface area contributed by atoms with Crippen LogP contribution in [0, 0.1) is 0 Å². The third-order valence-corrected chi connectivity index (χ3v) is 5.52. The molecule has 0 aliphatic carbocycles. The van der Waals surface area contributed by atoms with E-state index in [1.54, 1.807) is 12.1 Å². The van der Waals surface area contributed by atoms with E-state index in [1.165, 1.54) is 18.4 Å². The van der Waals surface area contributed by atoms with E-state index in [-0.39, 0.29) is 4.90 Å². The highest BCUT2D eigenvalue weighted by Crippen LogP contribution is 2.31. The van der Waals surface area contributed by atoms with Gasteiger partial charge in [-0.25, -0.2) is 12.7 Å². The van der Waals surface area contributed by atoms with Gasteiger partial charge in [-0.15, -0.1) is 0 Å². The molecule has 1 aliphatic heterocycles. The van der Waals surface area contributed by atoms with Crippen molar-refractivity contribution in [2.24, 2.45) is 0 Å². The fourth-order valence-electron chi connectivity index (χ4n) is 2.28. The number of para-hydroxylation sites is 1. The van der Waals surface area contributed by atoms with E-state index in [2.05, 4.69) is 16.8 Å². The molecule has 1 aromatic carbocycles. The summed E-state index contributed by atoms with van der Waals surface area (Å²) in [5.74, 6) is 0. The third-order valence-electron chi connectivity index (χ3n) is 3.65. The van der Waals surface area contributed by atoms with Crippen molar-refractivity contribution < 1.29 is 8.42 Å². The van der Waals surface area contributed by atoms with Gasteiger partial charge in [-0.2, -0.15) is 0 Å². The van der Waals surface area contributed by atoms with E-state index in [4.69, 9.17) is 5.73 Å². The fraction of sp³-hybridized carbons (Fsp3) is 0.538. The number of hydrogen-bond acceptors (Lipinski definition) is 5. The van der Waals surface area contributed by atoms with Crippen molar-refractivity contribution >= 4 is 21.4 Å². The van der Waals surface area contributed by atoms with Crippen molar-refractivity contribution in [2.45, 2.75) is 4.90 Å². The number of nitrogens with zero attached hydrogens (tertiary/aromatic N) is 3. The van der Waals surface area contributed by atoms with Crippen molar-refractivity contribution in [3.63, 3.8) is 0 Å². The standard InChI is InChI=1S/C13H22N4O2S/c1-15(2)20(18,19)12-6-4-5-11(13(12)14)17-9-7-16(3)8-10-17/h4-6H,7-10,14H2,1-3H3. The van der Waals surface area contributed by atoms with Crippen molar-refractivity contribution in [1.82, 2.24) is 9.21 Å². The number of anilines is 2. The first kappa shape index (κ1) is 15.1. The highest BCUT2D eigenvalue weighted by Gasteiger charge is 2.24. The van der Waals surface area contributed by atoms with E-state index >= 15 is 0 Å². The van der Waals surface area contributed by atoms with Crippen LogP contribution in [-0.2, 0) is 10.0 Å². The molecule has 2 rings (SSSR count). The summed E-state index contributed by atoms with van der Waals surface area (Å²) in [6.07, 6.45) is 0. The lowest BCUT2D eigenvalue weighted by molar-refractivity contribution is 0.313. The smallest absolute Gasteiger partial charge is 0.244 e. The zero-order chi connectivity index (χ0) is 14.9. The number of benzene rings is 1. The second-order valence-corrected chi connectivity index (χ2v) is 7.39. The monoisotopic (exact) mass is 298 g/mol. The molecule has 1 fully saturated rings. The molecule has 20 heavy (non-hydrogen) atoms. The first-order chi connectivity index (χ1) is 9.34. The predicted molar refractivity (Wildman–Crippen MR) is 81.4 cm³/mol. The molecule has 0 unspecified atom stereocenters. The Morgan fingerprint density at radius 1 is 1.15 bits per heavy atom. The molecule has 1 saturated heterocycles. The number of sulfonamides is 1. The maximum absolute atomic E-state index is 12.3. The van der Waals surface area contributed by atoms with E-state index < -0.39 is 10.0 Å². The molecule has 0 saturated carbocycles. The Balaban J connectivity index is 2.38. The Labute approximate surface area is 120 Å². The maximum Gasteiger partial charge on any atom is 0.244 e. The molecule has 1 heterocycles. The van der Waals surface area contributed by atoms with Crippen LogP contribution in [0.1, 0.15) is 0 Å². The van der Waals surface area contributed by atoms with Crippen LogP contribution in [0.15, 0.2) is 23.1 Å². The Kier molecular flexibility index (Phi) is 4.22. The summed E-state index contributed by atoms with van der Waals surface area (Å²) >= 11 is 0. The lowest BCUT2D eigenvalue weighted by Gasteiger charge is -2.35. The van der Waals surface area contributed by atoms with Gasteiger partial charge in [0, 0.05) is 40.3 Å². The third kappa shape index (κ3) is 2.74. The zero-order valence-corrected chi connectivity index (χ0v) is 13.0. The van der Waals surface area contributed by atoms with Crippen LogP contribution < -0.4 is 10.6 Å². The Morgan fingerprint density at radius 2 is 1.75 bits per heavy atom. The summed E-state index contributed by atoms with van der Waals surface area (Å²) in [4.78, 5) is 4.57. The number of nitrogen functional groups attached to an aromatic ring is 1. The number of hydrogen-bond donors (Lipinski definition) is 1. The Bertz CT molecular complexity index is 578. The summed E-state index contributed by atoms with van der Waals surface area (Å²) in [5, 5.41) is 0. The Morgan fingerprint density at radius 3 is 2.30 bits per heavy atom. The molecular weight excluding hydrogens is 276 g/mol. The quantitative estimate of drug-likeness (QED) is 0.811. The van der Waals surface area contributed by atoms with Gasteiger partial charge < -0.3 is 15.5 Å². The van der Waals surface area contributed by atoms with E-state index in [1.807, 2.05) is 6.07 Å². The molecule has 0 radical (unpaired) electrons. The van der Waals surface area contributed by atoms with Crippen molar-refractivity contribution in [2.75, 3.05) is 58.0 Å². The fourth-order valence-corrected chi connectivity index (χ4v) is 3.30. The molecule has 6 nitrogen and oxygen atoms in total. The number of nitrogens with two attached hydrogens (primary N) is 1. The van der Waals surface area contributed by atoms with Gasteiger partial charge >= 0.3 is 0 Å². The summed E-state index contributed by atoms with van der Waals surface area (Å²) < 4.78 is 25.7. The largest absolute Gasteiger partial charge is 0.396 e. The number of rotatable bonds is 3. The molecule has 0 aromatic heterocycles. The maximum atomic E-state index is 12.3. The van der Waals surface area contributed by atoms with Crippen LogP contribution in [-0.4, -0.2) is 64.9 Å². The van der Waals surface area contributed by atoms with Gasteiger partial charge in [0.2, 0.25) is 10.0 Å². The zero-order valence-electron chi connectivity index (χ0n) is 12.2. The van der Waals surface area contributed by atoms with E-state index in [9.17, 15) is 8.42 Å². The summed E-state index contributed by atoms with van der Waals surface area (Å²) in [6, 6.07) is 5.19. The van der Waals surface area contributed by atoms with Gasteiger partial charge in [0.1, 0.15) is 4.90 Å². The van der Waals surface area contributed by atoms with Gasteiger partial charge in [-0.1, -0.05) is 6.07 Å². The highest BCUT2D eigenvalue weighted by atomic mass is 32.2. The van der Waals surface area contributed by atoms with Crippen LogP contribution in [0.3, 0.4) is 0 Å². The summed E-state index contributed by atoms with van der Waals surface area (Å²) in [5.41, 5.74) is 7.26. The lowest BCUT2D eigenvalue weighted by atomic mass is 10.2. The topological polar surface area (TPSA) is 69.9 Å². The van der Waals surface area contributed by atoms with Crippen molar-refractivity contribution in [3.8, 4) is 0 Å². The minimum absolute atomic E-state index is 0.180. The molecule has 1 aliphatic rings. The molecule has 112 valence electrons. The molecule has 7 heteroatoms. The molecule has 0 amide bonds.